The number of likely N-dealkylation sites (tertiary alicyclic amines) is 1. The highest BCUT2D eigenvalue weighted by Gasteiger charge is 2.46. The molecule has 0 unspecified atom stereocenters. The smallest absolute Gasteiger partial charge is 0.118 e. The first-order valence-electron chi connectivity index (χ1n) is 8.18. The molecule has 4 rings (SSSR count). The summed E-state index contributed by atoms with van der Waals surface area (Å²) in [5.41, 5.74) is 0.975. The first-order chi connectivity index (χ1) is 11.3. The van der Waals surface area contributed by atoms with Gasteiger partial charge < -0.3 is 13.9 Å². The molecule has 2 aromatic heterocycles. The number of aryl methyl sites for hydroxylation is 1. The Bertz CT molecular complexity index is 643. The topological polar surface area (TPSA) is 47.7 Å². The van der Waals surface area contributed by atoms with E-state index in [0.29, 0.717) is 18.6 Å². The van der Waals surface area contributed by atoms with Crippen molar-refractivity contribution in [3.63, 3.8) is 0 Å². The van der Waals surface area contributed by atoms with Crippen LogP contribution in [0, 0.1) is 12.8 Å². The Morgan fingerprint density at radius 1 is 1.26 bits per heavy atom. The highest BCUT2D eigenvalue weighted by Crippen LogP contribution is 2.33. The largest absolute Gasteiger partial charge is 0.465 e. The molecule has 0 saturated carbocycles. The van der Waals surface area contributed by atoms with Crippen LogP contribution >= 0.6 is 0 Å². The van der Waals surface area contributed by atoms with Gasteiger partial charge in [-0.3, -0.25) is 9.88 Å². The van der Waals surface area contributed by atoms with Gasteiger partial charge in [0, 0.05) is 24.7 Å². The van der Waals surface area contributed by atoms with Crippen molar-refractivity contribution >= 4 is 0 Å². The van der Waals surface area contributed by atoms with Crippen LogP contribution in [0.3, 0.4) is 0 Å². The summed E-state index contributed by atoms with van der Waals surface area (Å²) in [6, 6.07) is 10.4. The van der Waals surface area contributed by atoms with Gasteiger partial charge in [-0.15, -0.1) is 0 Å². The van der Waals surface area contributed by atoms with Crippen molar-refractivity contribution in [3.8, 4) is 0 Å². The minimum atomic E-state index is 0.195. The quantitative estimate of drug-likeness (QED) is 0.848. The normalized spacial score (nSPS) is 27.4. The van der Waals surface area contributed by atoms with Gasteiger partial charge >= 0.3 is 0 Å². The third-order valence-corrected chi connectivity index (χ3v) is 4.78. The van der Waals surface area contributed by atoms with Gasteiger partial charge in [-0.1, -0.05) is 6.07 Å². The molecular weight excluding hydrogens is 292 g/mol. The molecule has 5 nitrogen and oxygen atoms in total. The van der Waals surface area contributed by atoms with Gasteiger partial charge in [0.25, 0.3) is 0 Å². The molecule has 2 fully saturated rings. The Morgan fingerprint density at radius 3 is 3.00 bits per heavy atom. The van der Waals surface area contributed by atoms with Crippen LogP contribution < -0.4 is 0 Å². The summed E-state index contributed by atoms with van der Waals surface area (Å²) in [5.74, 6) is 2.41. The van der Waals surface area contributed by atoms with Gasteiger partial charge in [-0.2, -0.15) is 0 Å². The fraction of sp³-hybridized carbons (Fsp3) is 0.500. The zero-order valence-electron chi connectivity index (χ0n) is 13.4. The fourth-order valence-corrected chi connectivity index (χ4v) is 3.60. The van der Waals surface area contributed by atoms with Crippen LogP contribution in [0.15, 0.2) is 40.9 Å². The molecule has 4 heterocycles. The zero-order chi connectivity index (χ0) is 15.6. The summed E-state index contributed by atoms with van der Waals surface area (Å²) in [6.45, 7) is 5.85. The van der Waals surface area contributed by atoms with Gasteiger partial charge in [0.2, 0.25) is 0 Å². The van der Waals surface area contributed by atoms with E-state index in [1.165, 1.54) is 0 Å². The molecule has 2 aliphatic rings. The number of pyridine rings is 1. The highest BCUT2D eigenvalue weighted by atomic mass is 16.5. The molecule has 2 aromatic rings. The van der Waals surface area contributed by atoms with Crippen molar-refractivity contribution in [1.29, 1.82) is 0 Å². The summed E-state index contributed by atoms with van der Waals surface area (Å²) in [5, 5.41) is 0. The lowest BCUT2D eigenvalue weighted by Gasteiger charge is -2.20. The van der Waals surface area contributed by atoms with Crippen LogP contribution in [0.1, 0.15) is 17.2 Å². The third-order valence-electron chi connectivity index (χ3n) is 4.78. The lowest BCUT2D eigenvalue weighted by atomic mass is 10.0. The van der Waals surface area contributed by atoms with E-state index in [1.54, 1.807) is 6.20 Å². The summed E-state index contributed by atoms with van der Waals surface area (Å²) in [4.78, 5) is 6.76. The lowest BCUT2D eigenvalue weighted by Crippen LogP contribution is -2.32. The molecule has 122 valence electrons. The Kier molecular flexibility index (Phi) is 4.16. The van der Waals surface area contributed by atoms with Crippen LogP contribution in [0.5, 0.6) is 0 Å². The minimum absolute atomic E-state index is 0.195. The molecule has 0 aromatic carbocycles. The molecule has 2 saturated heterocycles. The monoisotopic (exact) mass is 314 g/mol. The standard InChI is InChI=1S/C18H22N2O3/c1-13-5-6-15(23-13)8-20-9-18(16-11-21-12-17(16)20)22-10-14-4-2-3-7-19-14/h2-7,16-18H,8-12H2,1H3/t16-,17+,18+/m1/s1. The van der Waals surface area contributed by atoms with Crippen LogP contribution in [0.2, 0.25) is 0 Å². The van der Waals surface area contributed by atoms with Crippen LogP contribution in [0.4, 0.5) is 0 Å². The minimum Gasteiger partial charge on any atom is -0.465 e. The number of fused-ring (bicyclic) bond motifs is 1. The molecule has 5 heteroatoms. The molecule has 3 atom stereocenters. The molecule has 0 spiro atoms. The van der Waals surface area contributed by atoms with Crippen LogP contribution in [-0.4, -0.2) is 41.8 Å². The predicted molar refractivity (Wildman–Crippen MR) is 84.8 cm³/mol. The number of hydrogen-bond donors (Lipinski definition) is 0. The summed E-state index contributed by atoms with van der Waals surface area (Å²) >= 11 is 0. The van der Waals surface area contributed by atoms with Crippen molar-refractivity contribution in [2.45, 2.75) is 32.2 Å². The van der Waals surface area contributed by atoms with E-state index in [4.69, 9.17) is 13.9 Å². The first-order valence-corrected chi connectivity index (χ1v) is 8.18. The first kappa shape index (κ1) is 14.9. The van der Waals surface area contributed by atoms with Gasteiger partial charge in [-0.25, -0.2) is 0 Å². The Labute approximate surface area is 136 Å². The maximum atomic E-state index is 6.16. The Hall–Kier alpha value is -1.69. The second-order valence-electron chi connectivity index (χ2n) is 6.38. The van der Waals surface area contributed by atoms with Crippen molar-refractivity contribution in [2.75, 3.05) is 19.8 Å². The van der Waals surface area contributed by atoms with Gasteiger partial charge in [-0.05, 0) is 31.2 Å². The van der Waals surface area contributed by atoms with Gasteiger partial charge in [0.15, 0.2) is 0 Å². The van der Waals surface area contributed by atoms with Crippen molar-refractivity contribution in [2.24, 2.45) is 5.92 Å². The van der Waals surface area contributed by atoms with Crippen molar-refractivity contribution < 1.29 is 13.9 Å². The molecule has 2 aliphatic heterocycles. The fourth-order valence-electron chi connectivity index (χ4n) is 3.60. The Morgan fingerprint density at radius 2 is 2.22 bits per heavy atom. The van der Waals surface area contributed by atoms with E-state index in [9.17, 15) is 0 Å². The van der Waals surface area contributed by atoms with E-state index in [-0.39, 0.29) is 6.10 Å². The maximum absolute atomic E-state index is 6.16. The lowest BCUT2D eigenvalue weighted by molar-refractivity contribution is 0.00706. The SMILES string of the molecule is Cc1ccc(CN2C[C@H](OCc3ccccn3)[C@@H]3COC[C@@H]32)o1. The predicted octanol–water partition coefficient (Wildman–Crippen LogP) is 2.40. The summed E-state index contributed by atoms with van der Waals surface area (Å²) < 4.78 is 17.6. The molecule has 23 heavy (non-hydrogen) atoms. The molecule has 0 N–H and O–H groups in total. The molecule has 0 radical (unpaired) electrons. The molecule has 0 amide bonds. The van der Waals surface area contributed by atoms with E-state index >= 15 is 0 Å². The number of ether oxygens (including phenoxy) is 2. The average molecular weight is 314 g/mol. The number of furan rings is 1. The molecule has 0 aliphatic carbocycles. The maximum Gasteiger partial charge on any atom is 0.118 e. The zero-order valence-corrected chi connectivity index (χ0v) is 13.4. The van der Waals surface area contributed by atoms with Gasteiger partial charge in [0.1, 0.15) is 11.5 Å². The van der Waals surface area contributed by atoms with E-state index in [1.807, 2.05) is 31.2 Å². The van der Waals surface area contributed by atoms with Crippen LogP contribution in [0.25, 0.3) is 0 Å². The van der Waals surface area contributed by atoms with Gasteiger partial charge in [0.05, 0.1) is 38.2 Å². The summed E-state index contributed by atoms with van der Waals surface area (Å²) in [6.07, 6.45) is 2.00. The van der Waals surface area contributed by atoms with Crippen LogP contribution in [-0.2, 0) is 22.6 Å². The number of hydrogen-bond acceptors (Lipinski definition) is 5. The van der Waals surface area contributed by atoms with E-state index < -0.39 is 0 Å². The second kappa shape index (κ2) is 6.43. The van der Waals surface area contributed by atoms with E-state index in [2.05, 4.69) is 16.0 Å². The Balaban J connectivity index is 1.40. The molecular formula is C18H22N2O3. The molecule has 0 bridgehead atoms. The van der Waals surface area contributed by atoms with E-state index in [0.717, 1.165) is 43.5 Å². The number of aromatic nitrogens is 1. The summed E-state index contributed by atoms with van der Waals surface area (Å²) in [7, 11) is 0. The highest BCUT2D eigenvalue weighted by molar-refractivity contribution is 5.08. The number of rotatable bonds is 5. The third kappa shape index (κ3) is 3.17. The van der Waals surface area contributed by atoms with Crippen molar-refractivity contribution in [3.05, 3.63) is 53.7 Å². The second-order valence-corrected chi connectivity index (χ2v) is 6.38. The number of nitrogens with zero attached hydrogens (tertiary/aromatic N) is 2. The van der Waals surface area contributed by atoms with Crippen molar-refractivity contribution in [1.82, 2.24) is 9.88 Å². The average Bonchev–Trinajstić information content (AvgIpc) is 3.26.